The van der Waals surface area contributed by atoms with Crippen LogP contribution in [0.15, 0.2) is 89.9 Å². The molecule has 1 aliphatic rings. The molecule has 0 saturated carbocycles. The van der Waals surface area contributed by atoms with Crippen LogP contribution in [0, 0.1) is 6.92 Å². The van der Waals surface area contributed by atoms with Crippen molar-refractivity contribution in [2.45, 2.75) is 63.1 Å². The van der Waals surface area contributed by atoms with E-state index in [2.05, 4.69) is 10.3 Å². The maximum Gasteiger partial charge on any atom is 0.351 e. The quantitative estimate of drug-likeness (QED) is 0.112. The first-order chi connectivity index (χ1) is 22.9. The second-order valence-electron chi connectivity index (χ2n) is 11.8. The summed E-state index contributed by atoms with van der Waals surface area (Å²) in [4.78, 5) is 17.4. The van der Waals surface area contributed by atoms with Crippen LogP contribution in [-0.4, -0.2) is 60.8 Å². The van der Waals surface area contributed by atoms with Crippen molar-refractivity contribution in [3.63, 3.8) is 0 Å². The van der Waals surface area contributed by atoms with E-state index in [0.29, 0.717) is 12.4 Å². The number of benzene rings is 3. The van der Waals surface area contributed by atoms with Gasteiger partial charge in [-0.25, -0.2) is 4.79 Å². The van der Waals surface area contributed by atoms with Crippen molar-refractivity contribution in [1.82, 2.24) is 9.55 Å². The molecule has 0 radical (unpaired) electrons. The van der Waals surface area contributed by atoms with Crippen molar-refractivity contribution in [3.8, 4) is 11.5 Å². The van der Waals surface area contributed by atoms with Crippen LogP contribution in [0.25, 0.3) is 0 Å². The molecule has 0 bridgehead atoms. The molecule has 0 aliphatic carbocycles. The lowest BCUT2D eigenvalue weighted by molar-refractivity contribution is -0.0944. The number of nitrogens with one attached hydrogen (secondary N) is 1. The van der Waals surface area contributed by atoms with Crippen molar-refractivity contribution in [1.29, 1.82) is 0 Å². The van der Waals surface area contributed by atoms with Crippen LogP contribution in [0.3, 0.4) is 0 Å². The van der Waals surface area contributed by atoms with Gasteiger partial charge in [0.05, 0.1) is 26.9 Å². The first kappa shape index (κ1) is 34.1. The highest BCUT2D eigenvalue weighted by Crippen LogP contribution is 2.42. The molecule has 10 nitrogen and oxygen atoms in total. The Morgan fingerprint density at radius 2 is 1.51 bits per heavy atom. The second kappa shape index (κ2) is 16.1. The SMILES string of the molecule is COc1ccc(C(OC[C@H]2O[C@@H](n3cc(C)c(NCCCCCCN)nc3=O)C[C@@H]2O)(c2ccccc2)c2ccc(OC)cc2)cc1. The molecule has 2 heterocycles. The number of aliphatic hydroxyl groups is 1. The van der Waals surface area contributed by atoms with Gasteiger partial charge in [0.25, 0.3) is 0 Å². The van der Waals surface area contributed by atoms with Gasteiger partial charge in [-0.3, -0.25) is 4.57 Å². The van der Waals surface area contributed by atoms with Gasteiger partial charge in [0.1, 0.15) is 35.2 Å². The number of hydrogen-bond acceptors (Lipinski definition) is 9. The van der Waals surface area contributed by atoms with Gasteiger partial charge in [-0.1, -0.05) is 67.4 Å². The van der Waals surface area contributed by atoms with Crippen molar-refractivity contribution < 1.29 is 24.1 Å². The molecule has 1 fully saturated rings. The molecule has 4 N–H and O–H groups in total. The summed E-state index contributed by atoms with van der Waals surface area (Å²) in [5.41, 5.74) is 7.55. The largest absolute Gasteiger partial charge is 0.497 e. The molecule has 4 aromatic rings. The van der Waals surface area contributed by atoms with Crippen molar-refractivity contribution in [2.24, 2.45) is 5.73 Å². The fraction of sp³-hybridized carbons (Fsp3) is 0.405. The van der Waals surface area contributed by atoms with Crippen LogP contribution < -0.4 is 26.2 Å². The summed E-state index contributed by atoms with van der Waals surface area (Å²) in [5, 5.41) is 14.5. The first-order valence-corrected chi connectivity index (χ1v) is 16.3. The lowest BCUT2D eigenvalue weighted by Crippen LogP contribution is -2.38. The molecule has 3 aromatic carbocycles. The van der Waals surface area contributed by atoms with E-state index in [1.165, 1.54) is 4.57 Å². The van der Waals surface area contributed by atoms with E-state index in [-0.39, 0.29) is 13.0 Å². The Bertz CT molecular complexity index is 1560. The lowest BCUT2D eigenvalue weighted by atomic mass is 9.80. The topological polar surface area (TPSA) is 130 Å². The van der Waals surface area contributed by atoms with Crippen molar-refractivity contribution in [2.75, 3.05) is 39.2 Å². The molecule has 5 rings (SSSR count). The molecule has 1 saturated heterocycles. The summed E-state index contributed by atoms with van der Waals surface area (Å²) < 4.78 is 25.6. The zero-order valence-electron chi connectivity index (χ0n) is 27.4. The summed E-state index contributed by atoms with van der Waals surface area (Å²) >= 11 is 0. The standard InChI is InChI=1S/C37H46N4O6/c1-26-24-41(36(43)40-35(26)39-22-10-5-4-9-21-38)34-23-32(42)33(47-34)25-46-37(27-11-7-6-8-12-27,28-13-17-30(44-2)18-14-28)29-15-19-31(45-3)20-16-29/h6-8,11-20,24,32-34,42H,4-5,9-10,21-23,25,38H2,1-3H3,(H,39,40,43)/t32-,33+,34+/m0/s1. The third kappa shape index (κ3) is 7.85. The number of aromatic nitrogens is 2. The van der Waals surface area contributed by atoms with E-state index in [9.17, 15) is 9.90 Å². The third-order valence-corrected chi connectivity index (χ3v) is 8.71. The van der Waals surface area contributed by atoms with Crippen LogP contribution >= 0.6 is 0 Å². The molecule has 1 aromatic heterocycles. The predicted octanol–water partition coefficient (Wildman–Crippen LogP) is 5.16. The van der Waals surface area contributed by atoms with Gasteiger partial charge >= 0.3 is 5.69 Å². The average Bonchev–Trinajstić information content (AvgIpc) is 3.48. The number of nitrogens with two attached hydrogens (primary N) is 1. The molecule has 0 spiro atoms. The number of nitrogens with zero attached hydrogens (tertiary/aromatic N) is 2. The van der Waals surface area contributed by atoms with E-state index in [1.807, 2.05) is 85.8 Å². The number of methoxy groups -OCH3 is 2. The van der Waals surface area contributed by atoms with Crippen LogP contribution in [0.5, 0.6) is 11.5 Å². The van der Waals surface area contributed by atoms with Gasteiger partial charge < -0.3 is 35.1 Å². The zero-order chi connectivity index (χ0) is 33.2. The van der Waals surface area contributed by atoms with Gasteiger partial charge in [-0.15, -0.1) is 0 Å². The third-order valence-electron chi connectivity index (χ3n) is 8.71. The number of aliphatic hydroxyl groups excluding tert-OH is 1. The first-order valence-electron chi connectivity index (χ1n) is 16.3. The molecule has 1 aliphatic heterocycles. The maximum atomic E-state index is 13.1. The van der Waals surface area contributed by atoms with Gasteiger partial charge in [-0.2, -0.15) is 4.98 Å². The number of aryl methyl sites for hydroxylation is 1. The Labute approximate surface area is 276 Å². The molecule has 3 atom stereocenters. The number of anilines is 1. The minimum Gasteiger partial charge on any atom is -0.497 e. The highest BCUT2D eigenvalue weighted by Gasteiger charge is 2.42. The summed E-state index contributed by atoms with van der Waals surface area (Å²) in [6.07, 6.45) is 3.88. The average molecular weight is 643 g/mol. The normalized spacial score (nSPS) is 17.9. The lowest BCUT2D eigenvalue weighted by Gasteiger charge is -2.37. The smallest absolute Gasteiger partial charge is 0.351 e. The minimum absolute atomic E-state index is 0.0512. The van der Waals surface area contributed by atoms with E-state index in [1.54, 1.807) is 20.4 Å². The molecular weight excluding hydrogens is 596 g/mol. The Balaban J connectivity index is 1.39. The minimum atomic E-state index is -1.06. The van der Waals surface area contributed by atoms with E-state index >= 15 is 0 Å². The van der Waals surface area contributed by atoms with Gasteiger partial charge in [0.2, 0.25) is 0 Å². The van der Waals surface area contributed by atoms with Gasteiger partial charge in [0, 0.05) is 24.7 Å². The Morgan fingerprint density at radius 1 is 0.915 bits per heavy atom. The molecule has 250 valence electrons. The fourth-order valence-electron chi connectivity index (χ4n) is 6.10. The van der Waals surface area contributed by atoms with Crippen LogP contribution in [0.4, 0.5) is 5.82 Å². The van der Waals surface area contributed by atoms with Gasteiger partial charge in [0.15, 0.2) is 0 Å². The summed E-state index contributed by atoms with van der Waals surface area (Å²) in [5.74, 6) is 2.01. The maximum absolute atomic E-state index is 13.1. The predicted molar refractivity (Wildman–Crippen MR) is 182 cm³/mol. The molecule has 0 unspecified atom stereocenters. The molecule has 47 heavy (non-hydrogen) atoms. The van der Waals surface area contributed by atoms with E-state index in [4.69, 9.17) is 24.7 Å². The van der Waals surface area contributed by atoms with Crippen molar-refractivity contribution >= 4 is 5.82 Å². The Morgan fingerprint density at radius 3 is 2.11 bits per heavy atom. The molecular formula is C37H46N4O6. The fourth-order valence-corrected chi connectivity index (χ4v) is 6.10. The second-order valence-corrected chi connectivity index (χ2v) is 11.8. The van der Waals surface area contributed by atoms with Crippen LogP contribution in [0.1, 0.15) is 60.6 Å². The van der Waals surface area contributed by atoms with Crippen LogP contribution in [0.2, 0.25) is 0 Å². The summed E-state index contributed by atoms with van der Waals surface area (Å²) in [6, 6.07) is 25.5. The zero-order valence-corrected chi connectivity index (χ0v) is 27.4. The highest BCUT2D eigenvalue weighted by molar-refractivity contribution is 5.49. The number of unbranched alkanes of at least 4 members (excludes halogenated alkanes) is 3. The Hall–Kier alpha value is -4.22. The molecule has 10 heteroatoms. The van der Waals surface area contributed by atoms with Crippen LogP contribution in [-0.2, 0) is 15.1 Å². The number of rotatable bonds is 16. The van der Waals surface area contributed by atoms with Gasteiger partial charge in [-0.05, 0) is 67.3 Å². The molecule has 0 amide bonds. The highest BCUT2D eigenvalue weighted by atomic mass is 16.6. The number of ether oxygens (including phenoxy) is 4. The van der Waals surface area contributed by atoms with Crippen molar-refractivity contribution in [3.05, 3.63) is 118 Å². The summed E-state index contributed by atoms with van der Waals surface area (Å²) in [6.45, 7) is 3.39. The number of hydrogen-bond donors (Lipinski definition) is 3. The van der Waals surface area contributed by atoms with E-state index in [0.717, 1.165) is 66.0 Å². The Kier molecular flexibility index (Phi) is 11.7. The monoisotopic (exact) mass is 642 g/mol. The van der Waals surface area contributed by atoms with E-state index < -0.39 is 29.7 Å². The summed E-state index contributed by atoms with van der Waals surface area (Å²) in [7, 11) is 3.26.